The van der Waals surface area contributed by atoms with Crippen molar-refractivity contribution in [2.75, 3.05) is 53.0 Å². The predicted octanol–water partition coefficient (Wildman–Crippen LogP) is 3.48. The lowest BCUT2D eigenvalue weighted by Gasteiger charge is -2.26. The Morgan fingerprint density at radius 2 is 1.77 bits per heavy atom. The number of rotatable bonds is 9. The van der Waals surface area contributed by atoms with Gasteiger partial charge in [0.25, 0.3) is 0 Å². The van der Waals surface area contributed by atoms with E-state index in [-0.39, 0.29) is 24.0 Å². The summed E-state index contributed by atoms with van der Waals surface area (Å²) in [4.78, 5) is 6.74. The van der Waals surface area contributed by atoms with Crippen LogP contribution < -0.4 is 15.4 Å². The molecule has 1 fully saturated rings. The number of hydrogen-bond acceptors (Lipinski definition) is 4. The molecule has 0 bridgehead atoms. The lowest BCUT2D eigenvalue weighted by Crippen LogP contribution is -2.39. The Hall–Kier alpha value is -1.84. The lowest BCUT2D eigenvalue weighted by atomic mass is 10.0. The van der Waals surface area contributed by atoms with Gasteiger partial charge in [-0.3, -0.25) is 9.89 Å². The quantitative estimate of drug-likeness (QED) is 0.291. The van der Waals surface area contributed by atoms with Crippen LogP contribution in [0.4, 0.5) is 0 Å². The van der Waals surface area contributed by atoms with Gasteiger partial charge in [0.05, 0.1) is 13.2 Å². The van der Waals surface area contributed by atoms with Crippen LogP contribution in [0.1, 0.15) is 24.0 Å². The van der Waals surface area contributed by atoms with Gasteiger partial charge in [0.1, 0.15) is 12.4 Å². The van der Waals surface area contributed by atoms with Gasteiger partial charge in [0.2, 0.25) is 0 Å². The lowest BCUT2D eigenvalue weighted by molar-refractivity contribution is 0.0322. The molecule has 0 saturated carbocycles. The summed E-state index contributed by atoms with van der Waals surface area (Å²) in [5.41, 5.74) is 2.44. The first-order valence-corrected chi connectivity index (χ1v) is 10.8. The molecule has 1 unspecified atom stereocenters. The van der Waals surface area contributed by atoms with E-state index in [4.69, 9.17) is 9.47 Å². The average Bonchev–Trinajstić information content (AvgIpc) is 2.81. The Morgan fingerprint density at radius 3 is 2.52 bits per heavy atom. The second-order valence-corrected chi connectivity index (χ2v) is 7.53. The maximum absolute atomic E-state index is 6.08. The molecule has 1 aliphatic heterocycles. The summed E-state index contributed by atoms with van der Waals surface area (Å²) >= 11 is 0. The van der Waals surface area contributed by atoms with Gasteiger partial charge in [0.15, 0.2) is 5.96 Å². The normalized spacial score (nSPS) is 15.6. The average molecular weight is 538 g/mol. The van der Waals surface area contributed by atoms with Gasteiger partial charge in [0, 0.05) is 45.3 Å². The number of guanidine groups is 1. The van der Waals surface area contributed by atoms with E-state index in [1.54, 1.807) is 7.05 Å². The van der Waals surface area contributed by atoms with Crippen molar-refractivity contribution in [1.82, 2.24) is 15.5 Å². The van der Waals surface area contributed by atoms with Gasteiger partial charge in [-0.2, -0.15) is 0 Å². The molecule has 6 nitrogen and oxygen atoms in total. The highest BCUT2D eigenvalue weighted by Crippen LogP contribution is 2.18. The summed E-state index contributed by atoms with van der Waals surface area (Å²) in [5, 5.41) is 6.83. The molecule has 0 aromatic heterocycles. The highest BCUT2D eigenvalue weighted by Gasteiger charge is 2.11. The number of hydrogen-bond donors (Lipinski definition) is 2. The van der Waals surface area contributed by atoms with Crippen molar-refractivity contribution in [3.8, 4) is 5.75 Å². The van der Waals surface area contributed by atoms with Crippen molar-refractivity contribution in [2.24, 2.45) is 4.99 Å². The van der Waals surface area contributed by atoms with Gasteiger partial charge >= 0.3 is 0 Å². The third-order valence-corrected chi connectivity index (χ3v) is 5.36. The van der Waals surface area contributed by atoms with Crippen LogP contribution in [0, 0.1) is 0 Å². The van der Waals surface area contributed by atoms with Crippen LogP contribution in [0.15, 0.2) is 59.6 Å². The first-order valence-electron chi connectivity index (χ1n) is 10.8. The number of aliphatic imine (C=N–C) groups is 1. The first kappa shape index (κ1) is 25.4. The van der Waals surface area contributed by atoms with E-state index in [0.717, 1.165) is 56.7 Å². The van der Waals surface area contributed by atoms with E-state index in [2.05, 4.69) is 57.8 Å². The second-order valence-electron chi connectivity index (χ2n) is 7.53. The summed E-state index contributed by atoms with van der Waals surface area (Å²) in [5.74, 6) is 2.12. The summed E-state index contributed by atoms with van der Waals surface area (Å²) < 4.78 is 11.5. The standard InChI is InChI=1S/C24H34N4O2.HI/c1-20(21-8-4-3-5-9-21)18-26-24(25-2)27-19-22-10-6-7-11-23(22)30-17-14-28-12-15-29-16-13-28;/h3-11,20H,12-19H2,1-2H3,(H2,25,26,27);1H. The number of benzene rings is 2. The van der Waals surface area contributed by atoms with Crippen LogP contribution >= 0.6 is 24.0 Å². The Labute approximate surface area is 203 Å². The molecule has 2 aromatic rings. The van der Waals surface area contributed by atoms with E-state index in [1.807, 2.05) is 24.3 Å². The van der Waals surface area contributed by atoms with Crippen molar-refractivity contribution < 1.29 is 9.47 Å². The molecule has 1 saturated heterocycles. The number of morpholine rings is 1. The van der Waals surface area contributed by atoms with Crippen LogP contribution in [0.3, 0.4) is 0 Å². The molecule has 1 aliphatic rings. The van der Waals surface area contributed by atoms with Crippen LogP contribution in [0.2, 0.25) is 0 Å². The zero-order valence-electron chi connectivity index (χ0n) is 18.5. The first-order chi connectivity index (χ1) is 14.8. The molecule has 1 atom stereocenters. The third-order valence-electron chi connectivity index (χ3n) is 5.36. The van der Waals surface area contributed by atoms with Crippen molar-refractivity contribution in [1.29, 1.82) is 0 Å². The minimum absolute atomic E-state index is 0. The van der Waals surface area contributed by atoms with E-state index >= 15 is 0 Å². The van der Waals surface area contributed by atoms with Gasteiger partial charge in [-0.25, -0.2) is 0 Å². The monoisotopic (exact) mass is 538 g/mol. The fraction of sp³-hybridized carbons (Fsp3) is 0.458. The van der Waals surface area contributed by atoms with Crippen molar-refractivity contribution in [3.63, 3.8) is 0 Å². The minimum Gasteiger partial charge on any atom is -0.492 e. The smallest absolute Gasteiger partial charge is 0.191 e. The largest absolute Gasteiger partial charge is 0.492 e. The molecule has 0 amide bonds. The summed E-state index contributed by atoms with van der Waals surface area (Å²) in [6, 6.07) is 18.7. The van der Waals surface area contributed by atoms with Gasteiger partial charge < -0.3 is 20.1 Å². The molecule has 7 heteroatoms. The number of nitrogens with zero attached hydrogens (tertiary/aromatic N) is 2. The van der Waals surface area contributed by atoms with Crippen molar-refractivity contribution in [2.45, 2.75) is 19.4 Å². The number of nitrogens with one attached hydrogen (secondary N) is 2. The Morgan fingerprint density at radius 1 is 1.06 bits per heavy atom. The maximum atomic E-state index is 6.08. The van der Waals surface area contributed by atoms with Crippen LogP contribution in [0.5, 0.6) is 5.75 Å². The van der Waals surface area contributed by atoms with Crippen LogP contribution in [-0.2, 0) is 11.3 Å². The van der Waals surface area contributed by atoms with Crippen molar-refractivity contribution >= 4 is 29.9 Å². The second kappa shape index (κ2) is 14.3. The van der Waals surface area contributed by atoms with Gasteiger partial charge in [-0.05, 0) is 17.5 Å². The van der Waals surface area contributed by atoms with E-state index < -0.39 is 0 Å². The molecule has 31 heavy (non-hydrogen) atoms. The Bertz CT molecular complexity index is 782. The molecule has 3 rings (SSSR count). The van der Waals surface area contributed by atoms with E-state index in [1.165, 1.54) is 5.56 Å². The fourth-order valence-corrected chi connectivity index (χ4v) is 3.45. The molecule has 1 heterocycles. The number of ether oxygens (including phenoxy) is 2. The highest BCUT2D eigenvalue weighted by atomic mass is 127. The SMILES string of the molecule is CN=C(NCc1ccccc1OCCN1CCOCC1)NCC(C)c1ccccc1.I. The topological polar surface area (TPSA) is 58.1 Å². The summed E-state index contributed by atoms with van der Waals surface area (Å²) in [6.07, 6.45) is 0. The molecule has 0 aliphatic carbocycles. The predicted molar refractivity (Wildman–Crippen MR) is 138 cm³/mol. The number of para-hydroxylation sites is 1. The van der Waals surface area contributed by atoms with Crippen LogP contribution in [-0.4, -0.2) is 63.9 Å². The zero-order valence-corrected chi connectivity index (χ0v) is 20.9. The molecule has 0 radical (unpaired) electrons. The molecular weight excluding hydrogens is 503 g/mol. The molecular formula is C24H35IN4O2. The van der Waals surface area contributed by atoms with E-state index in [0.29, 0.717) is 19.1 Å². The Balaban J connectivity index is 0.00000341. The van der Waals surface area contributed by atoms with Crippen molar-refractivity contribution in [3.05, 3.63) is 65.7 Å². The minimum atomic E-state index is 0. The van der Waals surface area contributed by atoms with Gasteiger partial charge in [-0.1, -0.05) is 55.5 Å². The molecule has 2 N–H and O–H groups in total. The van der Waals surface area contributed by atoms with E-state index in [9.17, 15) is 0 Å². The fourth-order valence-electron chi connectivity index (χ4n) is 3.45. The zero-order chi connectivity index (χ0) is 21.0. The summed E-state index contributed by atoms with van der Waals surface area (Å²) in [6.45, 7) is 8.89. The third kappa shape index (κ3) is 8.66. The number of halogens is 1. The molecule has 170 valence electrons. The highest BCUT2D eigenvalue weighted by molar-refractivity contribution is 14.0. The van der Waals surface area contributed by atoms with Gasteiger partial charge in [-0.15, -0.1) is 24.0 Å². The molecule has 2 aromatic carbocycles. The summed E-state index contributed by atoms with van der Waals surface area (Å²) in [7, 11) is 1.80. The maximum Gasteiger partial charge on any atom is 0.191 e. The Kier molecular flexibility index (Phi) is 11.7. The van der Waals surface area contributed by atoms with Crippen LogP contribution in [0.25, 0.3) is 0 Å². The molecule has 0 spiro atoms.